The summed E-state index contributed by atoms with van der Waals surface area (Å²) in [7, 11) is 0. The Morgan fingerprint density at radius 1 is 1.00 bits per heavy atom. The van der Waals surface area contributed by atoms with Crippen LogP contribution in [0, 0.1) is 0 Å². The van der Waals surface area contributed by atoms with Gasteiger partial charge in [0.25, 0.3) is 0 Å². The van der Waals surface area contributed by atoms with Gasteiger partial charge in [-0.05, 0) is 48.9 Å². The summed E-state index contributed by atoms with van der Waals surface area (Å²) in [4.78, 5) is 4.67. The second-order valence-electron chi connectivity index (χ2n) is 6.91. The van der Waals surface area contributed by atoms with Gasteiger partial charge in [0, 0.05) is 17.0 Å². The van der Waals surface area contributed by atoms with Crippen LogP contribution in [0.3, 0.4) is 0 Å². The number of rotatable bonds is 1. The summed E-state index contributed by atoms with van der Waals surface area (Å²) in [6.07, 6.45) is 3.08. The standard InChI is InChI=1S/C19H16F3N5/c20-19(21,22)18-13(9-24-27-18)17-11-5-3-1-2-4-10(11)16-12-8-23-26-14(12)6-7-15(16)25-17/h6-9H,1-5H2,(H,23,26)(H,24,27). The number of nitrogens with zero attached hydrogens (tertiary/aromatic N) is 3. The fourth-order valence-electron chi connectivity index (χ4n) is 4.13. The third kappa shape index (κ3) is 2.50. The highest BCUT2D eigenvalue weighted by Gasteiger charge is 2.38. The van der Waals surface area contributed by atoms with Gasteiger partial charge >= 0.3 is 6.18 Å². The van der Waals surface area contributed by atoms with E-state index in [1.54, 1.807) is 6.20 Å². The molecule has 5 rings (SSSR count). The fourth-order valence-corrected chi connectivity index (χ4v) is 4.13. The van der Waals surface area contributed by atoms with E-state index in [2.05, 4.69) is 25.4 Å². The van der Waals surface area contributed by atoms with Crippen LogP contribution in [0.5, 0.6) is 0 Å². The topological polar surface area (TPSA) is 70.2 Å². The Bertz CT molecular complexity index is 1160. The summed E-state index contributed by atoms with van der Waals surface area (Å²) < 4.78 is 40.3. The monoisotopic (exact) mass is 371 g/mol. The van der Waals surface area contributed by atoms with Crippen molar-refractivity contribution < 1.29 is 13.2 Å². The predicted molar refractivity (Wildman–Crippen MR) is 95.2 cm³/mol. The lowest BCUT2D eigenvalue weighted by Crippen LogP contribution is -2.09. The molecule has 2 N–H and O–H groups in total. The van der Waals surface area contributed by atoms with Crippen molar-refractivity contribution in [3.05, 3.63) is 41.3 Å². The van der Waals surface area contributed by atoms with Crippen LogP contribution in [0.25, 0.3) is 33.1 Å². The van der Waals surface area contributed by atoms with Crippen LogP contribution in [-0.4, -0.2) is 25.4 Å². The van der Waals surface area contributed by atoms with Gasteiger partial charge < -0.3 is 0 Å². The minimum atomic E-state index is -4.53. The number of fused-ring (bicyclic) bond motifs is 5. The Hall–Kier alpha value is -2.90. The van der Waals surface area contributed by atoms with Crippen molar-refractivity contribution in [1.82, 2.24) is 25.4 Å². The van der Waals surface area contributed by atoms with Crippen molar-refractivity contribution in [3.63, 3.8) is 0 Å². The van der Waals surface area contributed by atoms with Crippen molar-refractivity contribution in [2.24, 2.45) is 0 Å². The molecule has 0 saturated heterocycles. The Morgan fingerprint density at radius 2 is 1.81 bits per heavy atom. The highest BCUT2D eigenvalue weighted by Crippen LogP contribution is 2.41. The van der Waals surface area contributed by atoms with E-state index < -0.39 is 11.9 Å². The number of hydrogen-bond acceptors (Lipinski definition) is 3. The van der Waals surface area contributed by atoms with E-state index in [4.69, 9.17) is 0 Å². The summed E-state index contributed by atoms with van der Waals surface area (Å²) in [6, 6.07) is 3.71. The molecule has 27 heavy (non-hydrogen) atoms. The number of aromatic nitrogens is 5. The van der Waals surface area contributed by atoms with E-state index in [9.17, 15) is 13.2 Å². The number of H-pyrrole nitrogens is 2. The van der Waals surface area contributed by atoms with Gasteiger partial charge in [-0.15, -0.1) is 0 Å². The minimum absolute atomic E-state index is 0.0230. The van der Waals surface area contributed by atoms with E-state index in [0.717, 1.165) is 53.1 Å². The maximum atomic E-state index is 13.4. The zero-order valence-corrected chi connectivity index (χ0v) is 14.3. The van der Waals surface area contributed by atoms with Crippen molar-refractivity contribution in [2.45, 2.75) is 38.3 Å². The Kier molecular flexibility index (Phi) is 3.50. The second-order valence-corrected chi connectivity index (χ2v) is 6.91. The summed E-state index contributed by atoms with van der Waals surface area (Å²) >= 11 is 0. The van der Waals surface area contributed by atoms with Crippen LogP contribution in [-0.2, 0) is 19.0 Å². The van der Waals surface area contributed by atoms with Crippen LogP contribution in [0.2, 0.25) is 0 Å². The summed E-state index contributed by atoms with van der Waals surface area (Å²) in [6.45, 7) is 0. The molecule has 0 radical (unpaired) electrons. The molecule has 1 aliphatic carbocycles. The summed E-state index contributed by atoms with van der Waals surface area (Å²) in [5.41, 5.74) is 3.09. The van der Waals surface area contributed by atoms with Crippen molar-refractivity contribution in [3.8, 4) is 11.3 Å². The molecular weight excluding hydrogens is 355 g/mol. The molecule has 0 bridgehead atoms. The van der Waals surface area contributed by atoms with Crippen LogP contribution >= 0.6 is 0 Å². The maximum Gasteiger partial charge on any atom is 0.435 e. The molecule has 0 amide bonds. The molecule has 0 saturated carbocycles. The highest BCUT2D eigenvalue weighted by molar-refractivity contribution is 6.07. The average molecular weight is 371 g/mol. The molecule has 0 unspecified atom stereocenters. The molecule has 5 nitrogen and oxygen atoms in total. The van der Waals surface area contributed by atoms with Crippen LogP contribution < -0.4 is 0 Å². The number of aromatic amines is 2. The molecule has 8 heteroatoms. The molecule has 4 aromatic rings. The number of halogens is 3. The van der Waals surface area contributed by atoms with Gasteiger partial charge in [-0.2, -0.15) is 23.4 Å². The number of hydrogen-bond donors (Lipinski definition) is 2. The lowest BCUT2D eigenvalue weighted by molar-refractivity contribution is -0.140. The van der Waals surface area contributed by atoms with E-state index in [1.165, 1.54) is 6.20 Å². The van der Waals surface area contributed by atoms with Gasteiger partial charge in [-0.25, -0.2) is 4.98 Å². The van der Waals surface area contributed by atoms with Gasteiger partial charge in [0.2, 0.25) is 0 Å². The smallest absolute Gasteiger partial charge is 0.284 e. The largest absolute Gasteiger partial charge is 0.435 e. The van der Waals surface area contributed by atoms with Crippen molar-refractivity contribution in [2.75, 3.05) is 0 Å². The third-order valence-corrected chi connectivity index (χ3v) is 5.30. The first-order valence-electron chi connectivity index (χ1n) is 8.93. The van der Waals surface area contributed by atoms with Gasteiger partial charge in [0.05, 0.1) is 28.5 Å². The molecule has 138 valence electrons. The van der Waals surface area contributed by atoms with Gasteiger partial charge in [0.1, 0.15) is 0 Å². The summed E-state index contributed by atoms with van der Waals surface area (Å²) in [5.74, 6) is 0. The molecule has 1 aliphatic rings. The number of alkyl halides is 3. The van der Waals surface area contributed by atoms with Gasteiger partial charge in [0.15, 0.2) is 5.69 Å². The molecule has 0 fully saturated rings. The average Bonchev–Trinajstić information content (AvgIpc) is 3.24. The SMILES string of the molecule is FC(F)(F)c1n[nH]cc1-c1nc2ccc3[nH]ncc3c2c2c1CCCCC2. The molecule has 0 atom stereocenters. The third-order valence-electron chi connectivity index (χ3n) is 5.30. The number of aryl methyl sites for hydroxylation is 1. The zero-order valence-electron chi connectivity index (χ0n) is 14.3. The molecule has 3 aromatic heterocycles. The molecular formula is C19H16F3N5. The highest BCUT2D eigenvalue weighted by atomic mass is 19.4. The number of pyridine rings is 1. The number of benzene rings is 1. The minimum Gasteiger partial charge on any atom is -0.284 e. The number of nitrogens with one attached hydrogen (secondary N) is 2. The van der Waals surface area contributed by atoms with Gasteiger partial charge in [-0.1, -0.05) is 6.42 Å². The zero-order chi connectivity index (χ0) is 18.6. The van der Waals surface area contributed by atoms with E-state index in [0.29, 0.717) is 17.6 Å². The molecule has 1 aromatic carbocycles. The van der Waals surface area contributed by atoms with Crippen LogP contribution in [0.15, 0.2) is 24.5 Å². The van der Waals surface area contributed by atoms with Crippen LogP contribution in [0.1, 0.15) is 36.1 Å². The normalized spacial score (nSPS) is 15.2. The lowest BCUT2D eigenvalue weighted by atomic mass is 9.92. The maximum absolute atomic E-state index is 13.4. The quantitative estimate of drug-likeness (QED) is 0.473. The van der Waals surface area contributed by atoms with E-state index in [-0.39, 0.29) is 5.56 Å². The first kappa shape index (κ1) is 16.3. The molecule has 0 spiro atoms. The first-order valence-corrected chi connectivity index (χ1v) is 8.93. The predicted octanol–water partition coefficient (Wildman–Crippen LogP) is 4.79. The first-order chi connectivity index (χ1) is 13.0. The Morgan fingerprint density at radius 3 is 2.63 bits per heavy atom. The molecule has 0 aliphatic heterocycles. The Balaban J connectivity index is 1.88. The summed E-state index contributed by atoms with van der Waals surface area (Å²) in [5, 5.41) is 14.9. The van der Waals surface area contributed by atoms with E-state index in [1.807, 2.05) is 12.1 Å². The lowest BCUT2D eigenvalue weighted by Gasteiger charge is -2.16. The second kappa shape index (κ2) is 5.80. The van der Waals surface area contributed by atoms with Crippen molar-refractivity contribution in [1.29, 1.82) is 0 Å². The fraction of sp³-hybridized carbons (Fsp3) is 0.316. The van der Waals surface area contributed by atoms with Crippen LogP contribution in [0.4, 0.5) is 13.2 Å². The van der Waals surface area contributed by atoms with E-state index >= 15 is 0 Å². The van der Waals surface area contributed by atoms with Gasteiger partial charge in [-0.3, -0.25) is 10.2 Å². The Labute approximate surface area is 152 Å². The molecule has 3 heterocycles. The van der Waals surface area contributed by atoms with Crippen molar-refractivity contribution >= 4 is 21.8 Å².